The lowest BCUT2D eigenvalue weighted by molar-refractivity contribution is 0.963. The van der Waals surface area contributed by atoms with E-state index in [1.807, 2.05) is 35.7 Å². The first-order valence-corrected chi connectivity index (χ1v) is 5.62. The molecule has 0 saturated carbocycles. The summed E-state index contributed by atoms with van der Waals surface area (Å²) >= 11 is 1.39. The summed E-state index contributed by atoms with van der Waals surface area (Å²) in [5, 5.41) is 9.81. The molecule has 0 aliphatic heterocycles. The minimum Gasteiger partial charge on any atom is -0.266 e. The maximum atomic E-state index is 12.1. The predicted molar refractivity (Wildman–Crippen MR) is 62.6 cm³/mol. The summed E-state index contributed by atoms with van der Waals surface area (Å²) < 4.78 is 1.51. The second-order valence-corrected chi connectivity index (χ2v) is 4.15. The van der Waals surface area contributed by atoms with Crippen molar-refractivity contribution in [2.24, 2.45) is 0 Å². The number of thiazole rings is 1. The minimum atomic E-state index is -0.127. The average Bonchev–Trinajstić information content (AvgIpc) is 2.80. The van der Waals surface area contributed by atoms with Gasteiger partial charge in [0.05, 0.1) is 0 Å². The largest absolute Gasteiger partial charge is 0.285 e. The summed E-state index contributed by atoms with van der Waals surface area (Å²) in [5.74, 6) is 0. The van der Waals surface area contributed by atoms with E-state index in [2.05, 4.69) is 10.2 Å². The van der Waals surface area contributed by atoms with Crippen molar-refractivity contribution >= 4 is 16.3 Å². The van der Waals surface area contributed by atoms with E-state index in [0.717, 1.165) is 5.56 Å². The molecule has 0 spiro atoms. The third kappa shape index (κ3) is 1.33. The van der Waals surface area contributed by atoms with Gasteiger partial charge >= 0.3 is 0 Å². The molecule has 78 valence electrons. The highest BCUT2D eigenvalue weighted by Crippen LogP contribution is 2.12. The summed E-state index contributed by atoms with van der Waals surface area (Å²) in [6, 6.07) is 9.35. The highest BCUT2D eigenvalue weighted by molar-refractivity contribution is 7.15. The first-order valence-electron chi connectivity index (χ1n) is 4.74. The van der Waals surface area contributed by atoms with Crippen LogP contribution in [-0.2, 0) is 0 Å². The van der Waals surface area contributed by atoms with E-state index in [1.165, 1.54) is 15.7 Å². The molecular formula is C11H7N3OS. The lowest BCUT2D eigenvalue weighted by Gasteiger charge is -1.98. The van der Waals surface area contributed by atoms with Crippen LogP contribution < -0.4 is 5.56 Å². The third-order valence-electron chi connectivity index (χ3n) is 2.29. The number of aromatic nitrogens is 3. The molecule has 0 aliphatic rings. The Labute approximate surface area is 94.8 Å². The fourth-order valence-electron chi connectivity index (χ4n) is 1.53. The van der Waals surface area contributed by atoms with Gasteiger partial charge < -0.3 is 0 Å². The summed E-state index contributed by atoms with van der Waals surface area (Å²) in [4.78, 5) is 12.7. The second kappa shape index (κ2) is 3.53. The van der Waals surface area contributed by atoms with Gasteiger partial charge in [-0.2, -0.15) is 0 Å². The average molecular weight is 229 g/mol. The van der Waals surface area contributed by atoms with Gasteiger partial charge in [-0.25, -0.2) is 0 Å². The molecule has 2 heterocycles. The van der Waals surface area contributed by atoms with Crippen molar-refractivity contribution in [3.05, 3.63) is 52.3 Å². The number of hydrogen-bond donors (Lipinski definition) is 0. The molecule has 0 radical (unpaired) electrons. The molecule has 5 heteroatoms. The lowest BCUT2D eigenvalue weighted by Crippen LogP contribution is -2.16. The predicted octanol–water partition coefficient (Wildman–Crippen LogP) is 1.82. The summed E-state index contributed by atoms with van der Waals surface area (Å²) in [6.45, 7) is 0. The van der Waals surface area contributed by atoms with Crippen LogP contribution in [0, 0.1) is 0 Å². The molecule has 0 unspecified atom stereocenters. The molecular weight excluding hydrogens is 222 g/mol. The monoisotopic (exact) mass is 229 g/mol. The van der Waals surface area contributed by atoms with Crippen LogP contribution in [0.4, 0.5) is 0 Å². The molecule has 0 atom stereocenters. The van der Waals surface area contributed by atoms with E-state index < -0.39 is 0 Å². The zero-order valence-corrected chi connectivity index (χ0v) is 9.02. The highest BCUT2D eigenvalue weighted by Gasteiger charge is 2.08. The van der Waals surface area contributed by atoms with E-state index >= 15 is 0 Å². The molecule has 3 aromatic rings. The number of rotatable bonds is 1. The maximum absolute atomic E-state index is 12.1. The van der Waals surface area contributed by atoms with Crippen LogP contribution >= 0.6 is 11.3 Å². The molecule has 0 fully saturated rings. The van der Waals surface area contributed by atoms with Crippen molar-refractivity contribution in [2.45, 2.75) is 0 Å². The van der Waals surface area contributed by atoms with Crippen molar-refractivity contribution in [1.82, 2.24) is 14.6 Å². The van der Waals surface area contributed by atoms with Crippen LogP contribution in [0.15, 0.2) is 46.7 Å². The van der Waals surface area contributed by atoms with E-state index in [0.29, 0.717) is 10.7 Å². The SMILES string of the molecule is O=c1c(-c2ccccc2)nnc2sccn12. The molecule has 2 aromatic heterocycles. The first-order chi connectivity index (χ1) is 7.86. The summed E-state index contributed by atoms with van der Waals surface area (Å²) in [6.07, 6.45) is 1.71. The van der Waals surface area contributed by atoms with Crippen molar-refractivity contribution in [2.75, 3.05) is 0 Å². The maximum Gasteiger partial charge on any atom is 0.285 e. The molecule has 4 nitrogen and oxygen atoms in total. The molecule has 3 rings (SSSR count). The van der Waals surface area contributed by atoms with Crippen LogP contribution in [0.2, 0.25) is 0 Å². The van der Waals surface area contributed by atoms with Crippen molar-refractivity contribution in [1.29, 1.82) is 0 Å². The van der Waals surface area contributed by atoms with Crippen molar-refractivity contribution in [3.8, 4) is 11.3 Å². The highest BCUT2D eigenvalue weighted by atomic mass is 32.1. The van der Waals surface area contributed by atoms with Gasteiger partial charge in [0.2, 0.25) is 4.96 Å². The van der Waals surface area contributed by atoms with Gasteiger partial charge in [0.25, 0.3) is 5.56 Å². The number of hydrogen-bond acceptors (Lipinski definition) is 4. The van der Waals surface area contributed by atoms with E-state index in [4.69, 9.17) is 0 Å². The molecule has 16 heavy (non-hydrogen) atoms. The fourth-order valence-corrected chi connectivity index (χ4v) is 2.18. The Morgan fingerprint density at radius 2 is 1.94 bits per heavy atom. The van der Waals surface area contributed by atoms with Gasteiger partial charge in [-0.15, -0.1) is 21.5 Å². The van der Waals surface area contributed by atoms with Gasteiger partial charge in [0.1, 0.15) is 0 Å². The first kappa shape index (κ1) is 9.23. The van der Waals surface area contributed by atoms with Crippen LogP contribution in [0.25, 0.3) is 16.2 Å². The van der Waals surface area contributed by atoms with Crippen molar-refractivity contribution in [3.63, 3.8) is 0 Å². The third-order valence-corrected chi connectivity index (χ3v) is 3.04. The Bertz CT molecular complexity index is 687. The van der Waals surface area contributed by atoms with Gasteiger partial charge in [-0.1, -0.05) is 30.3 Å². The quantitative estimate of drug-likeness (QED) is 0.639. The molecule has 0 saturated heterocycles. The van der Waals surface area contributed by atoms with Crippen LogP contribution in [0.5, 0.6) is 0 Å². The zero-order valence-electron chi connectivity index (χ0n) is 8.20. The fraction of sp³-hybridized carbons (Fsp3) is 0. The van der Waals surface area contributed by atoms with Crippen LogP contribution in [0.1, 0.15) is 0 Å². The Hall–Kier alpha value is -2.01. The molecule has 1 aromatic carbocycles. The summed E-state index contributed by atoms with van der Waals surface area (Å²) in [5.41, 5.74) is 1.05. The number of benzene rings is 1. The second-order valence-electron chi connectivity index (χ2n) is 3.28. The van der Waals surface area contributed by atoms with Crippen LogP contribution in [-0.4, -0.2) is 14.6 Å². The smallest absolute Gasteiger partial charge is 0.266 e. The number of fused-ring (bicyclic) bond motifs is 1. The Kier molecular flexibility index (Phi) is 2.04. The zero-order chi connectivity index (χ0) is 11.0. The topological polar surface area (TPSA) is 47.3 Å². The Balaban J connectivity index is 2.33. The molecule has 0 bridgehead atoms. The van der Waals surface area contributed by atoms with Gasteiger partial charge in [0, 0.05) is 17.1 Å². The van der Waals surface area contributed by atoms with Gasteiger partial charge in [0.15, 0.2) is 5.69 Å². The van der Waals surface area contributed by atoms with E-state index in [-0.39, 0.29) is 5.56 Å². The standard InChI is InChI=1S/C11H7N3OS/c15-10-9(8-4-2-1-3-5-8)12-13-11-14(10)6-7-16-11/h1-7H. The van der Waals surface area contributed by atoms with Gasteiger partial charge in [-0.05, 0) is 0 Å². The van der Waals surface area contributed by atoms with Crippen LogP contribution in [0.3, 0.4) is 0 Å². The Morgan fingerprint density at radius 1 is 1.12 bits per heavy atom. The normalized spacial score (nSPS) is 10.8. The molecule has 0 aliphatic carbocycles. The summed E-state index contributed by atoms with van der Waals surface area (Å²) in [7, 11) is 0. The lowest BCUT2D eigenvalue weighted by atomic mass is 10.2. The minimum absolute atomic E-state index is 0.127. The van der Waals surface area contributed by atoms with E-state index in [9.17, 15) is 4.79 Å². The van der Waals surface area contributed by atoms with Crippen molar-refractivity contribution < 1.29 is 0 Å². The number of nitrogens with zero attached hydrogens (tertiary/aromatic N) is 3. The molecule has 0 N–H and O–H groups in total. The van der Waals surface area contributed by atoms with E-state index in [1.54, 1.807) is 6.20 Å². The van der Waals surface area contributed by atoms with Gasteiger partial charge in [-0.3, -0.25) is 9.20 Å². The molecule has 0 amide bonds. The Morgan fingerprint density at radius 3 is 2.75 bits per heavy atom.